The van der Waals surface area contributed by atoms with Crippen LogP contribution in [-0.4, -0.2) is 44.6 Å². The van der Waals surface area contributed by atoms with Crippen LogP contribution in [0.25, 0.3) is 17.1 Å². The number of carbonyl (C=O) groups is 1. The number of halogens is 3. The molecule has 2 heterocycles. The molecule has 1 saturated heterocycles. The van der Waals surface area contributed by atoms with Crippen LogP contribution in [0.2, 0.25) is 0 Å². The number of urea groups is 1. The lowest BCUT2D eigenvalue weighted by molar-refractivity contribution is -0.274. The van der Waals surface area contributed by atoms with Gasteiger partial charge in [-0.3, -0.25) is 0 Å². The number of thioether (sulfide) groups is 1. The van der Waals surface area contributed by atoms with Crippen LogP contribution < -0.4 is 15.0 Å². The fourth-order valence-electron chi connectivity index (χ4n) is 4.88. The number of rotatable bonds is 7. The van der Waals surface area contributed by atoms with Gasteiger partial charge in [0.2, 0.25) is 0 Å². The predicted octanol–water partition coefficient (Wildman–Crippen LogP) is 8.03. The van der Waals surface area contributed by atoms with E-state index in [4.69, 9.17) is 0 Å². The zero-order valence-electron chi connectivity index (χ0n) is 24.8. The van der Waals surface area contributed by atoms with E-state index in [0.29, 0.717) is 22.6 Å². The Morgan fingerprint density at radius 1 is 1.05 bits per heavy atom. The van der Waals surface area contributed by atoms with Gasteiger partial charge in [-0.15, -0.1) is 18.3 Å². The second-order valence-corrected chi connectivity index (χ2v) is 11.9. The monoisotopic (exact) mass is 622 g/mol. The highest BCUT2D eigenvalue weighted by atomic mass is 32.2. The molecule has 8 nitrogen and oxygen atoms in total. The quantitative estimate of drug-likeness (QED) is 0.225. The van der Waals surface area contributed by atoms with Crippen LogP contribution in [0.3, 0.4) is 0 Å². The third kappa shape index (κ3) is 7.60. The van der Waals surface area contributed by atoms with Crippen molar-refractivity contribution in [3.05, 3.63) is 89.7 Å². The maximum Gasteiger partial charge on any atom is 0.573 e. The first kappa shape index (κ1) is 31.1. The van der Waals surface area contributed by atoms with Crippen molar-refractivity contribution >= 4 is 28.6 Å². The molecule has 12 heteroatoms. The van der Waals surface area contributed by atoms with Gasteiger partial charge in [0, 0.05) is 23.5 Å². The van der Waals surface area contributed by atoms with Crippen molar-refractivity contribution in [1.82, 2.24) is 20.1 Å². The molecule has 1 aromatic heterocycles. The minimum Gasteiger partial charge on any atom is -0.406 e. The SMILES string of the molecule is Cc1ccc(C(C)C)c(N2CCCSC2=NC(=O)NC(C)c2ccc(-c3ncn(-c4ccc(OC(F)(F)F)cc4)n3)cc2)c1. The summed E-state index contributed by atoms with van der Waals surface area (Å²) >= 11 is 1.59. The first-order valence-corrected chi connectivity index (χ1v) is 15.2. The van der Waals surface area contributed by atoms with Gasteiger partial charge in [0.05, 0.1) is 11.7 Å². The second kappa shape index (κ2) is 13.1. The Labute approximate surface area is 258 Å². The summed E-state index contributed by atoms with van der Waals surface area (Å²) in [6, 6.07) is 18.6. The van der Waals surface area contributed by atoms with E-state index in [1.54, 1.807) is 11.8 Å². The number of alkyl halides is 3. The summed E-state index contributed by atoms with van der Waals surface area (Å²) in [5, 5.41) is 8.13. The van der Waals surface area contributed by atoms with Gasteiger partial charge in [0.15, 0.2) is 11.0 Å². The molecule has 2 amide bonds. The summed E-state index contributed by atoms with van der Waals surface area (Å²) in [6.45, 7) is 9.11. The van der Waals surface area contributed by atoms with Crippen molar-refractivity contribution < 1.29 is 22.7 Å². The summed E-state index contributed by atoms with van der Waals surface area (Å²) in [6.07, 6.45) is -2.26. The fraction of sp³-hybridized carbons (Fsp3) is 0.312. The number of amidine groups is 1. The number of nitrogens with zero attached hydrogens (tertiary/aromatic N) is 5. The molecule has 1 atom stereocenters. The molecular formula is C32H33F3N6O2S. The molecule has 0 bridgehead atoms. The van der Waals surface area contributed by atoms with Gasteiger partial charge in [-0.1, -0.05) is 62.0 Å². The molecule has 1 aliphatic rings. The summed E-state index contributed by atoms with van der Waals surface area (Å²) in [7, 11) is 0. The smallest absolute Gasteiger partial charge is 0.406 e. The predicted molar refractivity (Wildman–Crippen MR) is 168 cm³/mol. The van der Waals surface area contributed by atoms with Gasteiger partial charge >= 0.3 is 12.4 Å². The van der Waals surface area contributed by atoms with E-state index in [1.807, 2.05) is 31.2 Å². The lowest BCUT2D eigenvalue weighted by Crippen LogP contribution is -2.36. The van der Waals surface area contributed by atoms with Crippen LogP contribution in [0, 0.1) is 6.92 Å². The Morgan fingerprint density at radius 2 is 1.77 bits per heavy atom. The molecule has 0 radical (unpaired) electrons. The number of amides is 2. The number of anilines is 1. The Balaban J connectivity index is 1.25. The van der Waals surface area contributed by atoms with Crippen LogP contribution in [0.15, 0.2) is 78.0 Å². The van der Waals surface area contributed by atoms with E-state index in [0.717, 1.165) is 41.1 Å². The fourth-order valence-corrected chi connectivity index (χ4v) is 5.83. The molecule has 3 aromatic carbocycles. The summed E-state index contributed by atoms with van der Waals surface area (Å²) in [5.41, 5.74) is 5.66. The van der Waals surface area contributed by atoms with Crippen molar-refractivity contribution in [3.63, 3.8) is 0 Å². The molecule has 44 heavy (non-hydrogen) atoms. The largest absolute Gasteiger partial charge is 0.573 e. The van der Waals surface area contributed by atoms with E-state index in [1.165, 1.54) is 40.8 Å². The van der Waals surface area contributed by atoms with Gasteiger partial charge < -0.3 is 15.0 Å². The first-order chi connectivity index (χ1) is 21.0. The van der Waals surface area contributed by atoms with Crippen molar-refractivity contribution in [2.75, 3.05) is 17.2 Å². The molecule has 1 fully saturated rings. The third-order valence-corrected chi connectivity index (χ3v) is 8.18. The number of aromatic nitrogens is 3. The lowest BCUT2D eigenvalue weighted by Gasteiger charge is -2.32. The highest BCUT2D eigenvalue weighted by molar-refractivity contribution is 8.14. The summed E-state index contributed by atoms with van der Waals surface area (Å²) in [5.74, 6) is 1.38. The van der Waals surface area contributed by atoms with Crippen LogP contribution in [0.4, 0.5) is 23.7 Å². The number of benzene rings is 3. The normalized spacial score (nSPS) is 15.5. The molecule has 1 aliphatic heterocycles. The zero-order chi connectivity index (χ0) is 31.4. The van der Waals surface area contributed by atoms with Gasteiger partial charge in [-0.25, -0.2) is 14.5 Å². The van der Waals surface area contributed by atoms with Gasteiger partial charge in [0.1, 0.15) is 12.1 Å². The van der Waals surface area contributed by atoms with Crippen molar-refractivity contribution in [1.29, 1.82) is 0 Å². The van der Waals surface area contributed by atoms with Gasteiger partial charge in [-0.05, 0) is 73.2 Å². The van der Waals surface area contributed by atoms with Crippen LogP contribution in [0.1, 0.15) is 55.8 Å². The number of nitrogens with one attached hydrogen (secondary N) is 1. The van der Waals surface area contributed by atoms with Crippen molar-refractivity contribution in [3.8, 4) is 22.8 Å². The second-order valence-electron chi connectivity index (χ2n) is 10.8. The van der Waals surface area contributed by atoms with E-state index >= 15 is 0 Å². The number of aryl methyl sites for hydroxylation is 1. The van der Waals surface area contributed by atoms with E-state index in [2.05, 4.69) is 69.0 Å². The number of ether oxygens (including phenoxy) is 1. The molecule has 230 valence electrons. The average molecular weight is 623 g/mol. The molecule has 1 N–H and O–H groups in total. The minimum atomic E-state index is -4.75. The molecule has 0 saturated carbocycles. The molecule has 5 rings (SSSR count). The lowest BCUT2D eigenvalue weighted by atomic mass is 9.98. The molecule has 1 unspecified atom stereocenters. The zero-order valence-corrected chi connectivity index (χ0v) is 25.6. The van der Waals surface area contributed by atoms with E-state index in [-0.39, 0.29) is 11.8 Å². The minimum absolute atomic E-state index is 0.295. The molecule has 0 aliphatic carbocycles. The van der Waals surface area contributed by atoms with Crippen molar-refractivity contribution in [2.45, 2.75) is 52.4 Å². The highest BCUT2D eigenvalue weighted by Crippen LogP contribution is 2.33. The number of hydrogen-bond acceptors (Lipinski definition) is 5. The topological polar surface area (TPSA) is 84.6 Å². The summed E-state index contributed by atoms with van der Waals surface area (Å²) in [4.78, 5) is 24.0. The molecular weight excluding hydrogens is 589 g/mol. The van der Waals surface area contributed by atoms with Crippen molar-refractivity contribution in [2.24, 2.45) is 4.99 Å². The Bertz CT molecular complexity index is 1640. The highest BCUT2D eigenvalue weighted by Gasteiger charge is 2.31. The van der Waals surface area contributed by atoms with Crippen LogP contribution in [0.5, 0.6) is 5.75 Å². The molecule has 4 aromatic rings. The van der Waals surface area contributed by atoms with Crippen LogP contribution in [-0.2, 0) is 0 Å². The van der Waals surface area contributed by atoms with Crippen LogP contribution >= 0.6 is 11.8 Å². The Hall–Kier alpha value is -4.32. The first-order valence-electron chi connectivity index (χ1n) is 14.2. The Morgan fingerprint density at radius 3 is 2.45 bits per heavy atom. The standard InChI is InChI=1S/C32H33F3N6O2S/c1-20(2)27-15-6-21(3)18-28(27)40-16-5-17-44-31(40)38-30(42)37-22(4)23-7-9-24(10-8-23)29-36-19-41(39-29)25-11-13-26(14-12-25)43-32(33,34)35/h6-15,18-20,22H,5,16-17H2,1-4H3,(H,37,42). The van der Waals surface area contributed by atoms with E-state index < -0.39 is 12.4 Å². The molecule has 0 spiro atoms. The summed E-state index contributed by atoms with van der Waals surface area (Å²) < 4.78 is 42.7. The third-order valence-electron chi connectivity index (χ3n) is 7.12. The Kier molecular flexibility index (Phi) is 9.28. The van der Waals surface area contributed by atoms with E-state index in [9.17, 15) is 18.0 Å². The van der Waals surface area contributed by atoms with Gasteiger partial charge in [-0.2, -0.15) is 4.99 Å². The average Bonchev–Trinajstić information content (AvgIpc) is 3.47. The van der Waals surface area contributed by atoms with Gasteiger partial charge in [0.25, 0.3) is 0 Å². The number of carbonyl (C=O) groups excluding carboxylic acids is 1. The number of hydrogen-bond donors (Lipinski definition) is 1. The maximum atomic E-state index is 13.0. The number of aliphatic imine (C=N–C) groups is 1. The maximum absolute atomic E-state index is 13.0.